The van der Waals surface area contributed by atoms with E-state index in [1.807, 2.05) is 30.3 Å². The van der Waals surface area contributed by atoms with Gasteiger partial charge in [0.2, 0.25) is 11.6 Å². The lowest BCUT2D eigenvalue weighted by Gasteiger charge is -2.09. The van der Waals surface area contributed by atoms with E-state index in [2.05, 4.69) is 83.0 Å². The van der Waals surface area contributed by atoms with Gasteiger partial charge in [-0.15, -0.1) is 10.2 Å². The molecule has 32 heavy (non-hydrogen) atoms. The zero-order chi connectivity index (χ0) is 22.2. The van der Waals surface area contributed by atoms with Crippen LogP contribution in [0.2, 0.25) is 0 Å². The van der Waals surface area contributed by atoms with Crippen LogP contribution in [-0.2, 0) is 0 Å². The van der Waals surface area contributed by atoms with Crippen LogP contribution >= 0.6 is 0 Å². The second kappa shape index (κ2) is 7.77. The normalized spacial score (nSPS) is 11.1. The van der Waals surface area contributed by atoms with Crippen molar-refractivity contribution in [3.05, 3.63) is 76.9 Å². The van der Waals surface area contributed by atoms with Crippen LogP contribution in [0.15, 0.2) is 54.6 Å². The highest BCUT2D eigenvalue weighted by Gasteiger charge is 2.17. The van der Waals surface area contributed by atoms with Gasteiger partial charge in [0, 0.05) is 0 Å². The fourth-order valence-corrected chi connectivity index (χ4v) is 3.44. The van der Waals surface area contributed by atoms with Gasteiger partial charge < -0.3 is 0 Å². The molecule has 0 spiro atoms. The third kappa shape index (κ3) is 3.43. The van der Waals surface area contributed by atoms with Crippen molar-refractivity contribution in [1.29, 1.82) is 0 Å². The molecule has 0 amide bonds. The van der Waals surface area contributed by atoms with E-state index in [1.54, 1.807) is 9.36 Å². The van der Waals surface area contributed by atoms with E-state index in [0.717, 1.165) is 11.4 Å². The van der Waals surface area contributed by atoms with Crippen LogP contribution in [0.1, 0.15) is 22.3 Å². The van der Waals surface area contributed by atoms with Crippen LogP contribution in [0.3, 0.4) is 0 Å². The molecule has 158 valence electrons. The van der Waals surface area contributed by atoms with E-state index in [4.69, 9.17) is 4.98 Å². The molecule has 0 fully saturated rings. The maximum Gasteiger partial charge on any atom is 0.205 e. The van der Waals surface area contributed by atoms with E-state index in [9.17, 15) is 0 Å². The summed E-state index contributed by atoms with van der Waals surface area (Å²) in [5.41, 5.74) is 7.75. The van der Waals surface area contributed by atoms with E-state index in [0.29, 0.717) is 23.0 Å². The first-order valence-electron chi connectivity index (χ1n) is 10.2. The number of nitrogens with zero attached hydrogens (tertiary/aromatic N) is 9. The molecule has 0 aliphatic rings. The largest absolute Gasteiger partial charge is 0.241 e. The zero-order valence-electron chi connectivity index (χ0n) is 18.2. The molecule has 0 aliphatic carbocycles. The lowest BCUT2D eigenvalue weighted by molar-refractivity contribution is 0.788. The van der Waals surface area contributed by atoms with E-state index < -0.39 is 0 Å². The first-order valence-corrected chi connectivity index (χ1v) is 10.2. The standard InChI is InChI=1S/C23H21N9/c1-14-8-10-18(12-16(14)3)31-22(25-27-29-31)20-6-5-7-21(24-20)23-26-28-30-32(23)19-11-9-15(2)17(4)13-19/h5-13H,1-4H3. The maximum atomic E-state index is 4.78. The van der Waals surface area contributed by atoms with Gasteiger partial charge in [-0.25, -0.2) is 4.98 Å². The van der Waals surface area contributed by atoms with E-state index in [1.165, 1.54) is 22.3 Å². The van der Waals surface area contributed by atoms with Gasteiger partial charge in [-0.2, -0.15) is 9.36 Å². The molecule has 0 bridgehead atoms. The van der Waals surface area contributed by atoms with Crippen molar-refractivity contribution in [2.45, 2.75) is 27.7 Å². The minimum Gasteiger partial charge on any atom is -0.241 e. The fraction of sp³-hybridized carbons (Fsp3) is 0.174. The van der Waals surface area contributed by atoms with Crippen molar-refractivity contribution in [3.63, 3.8) is 0 Å². The van der Waals surface area contributed by atoms with Crippen LogP contribution in [0.4, 0.5) is 0 Å². The summed E-state index contributed by atoms with van der Waals surface area (Å²) < 4.78 is 3.37. The van der Waals surface area contributed by atoms with Crippen molar-refractivity contribution in [2.75, 3.05) is 0 Å². The summed E-state index contributed by atoms with van der Waals surface area (Å²) in [6.45, 7) is 8.28. The molecule has 0 unspecified atom stereocenters. The first kappa shape index (κ1) is 19.7. The van der Waals surface area contributed by atoms with Gasteiger partial charge in [0.05, 0.1) is 11.4 Å². The summed E-state index contributed by atoms with van der Waals surface area (Å²) in [5.74, 6) is 1.08. The Bertz CT molecular complexity index is 1330. The minimum atomic E-state index is 0.542. The molecule has 0 saturated heterocycles. The highest BCUT2D eigenvalue weighted by Crippen LogP contribution is 2.24. The number of benzene rings is 2. The Balaban J connectivity index is 1.57. The van der Waals surface area contributed by atoms with Crippen molar-refractivity contribution in [2.24, 2.45) is 0 Å². The summed E-state index contributed by atoms with van der Waals surface area (Å²) in [5, 5.41) is 24.6. The highest BCUT2D eigenvalue weighted by molar-refractivity contribution is 5.60. The predicted octanol–water partition coefficient (Wildman–Crippen LogP) is 3.60. The Morgan fingerprint density at radius 2 is 1.03 bits per heavy atom. The topological polar surface area (TPSA) is 100 Å². The Morgan fingerprint density at radius 1 is 0.562 bits per heavy atom. The van der Waals surface area contributed by atoms with Crippen LogP contribution < -0.4 is 0 Å². The Morgan fingerprint density at radius 3 is 1.47 bits per heavy atom. The summed E-state index contributed by atoms with van der Waals surface area (Å²) in [6, 6.07) is 17.8. The molecule has 0 saturated carbocycles. The van der Waals surface area contributed by atoms with E-state index in [-0.39, 0.29) is 0 Å². The lowest BCUT2D eigenvalue weighted by Crippen LogP contribution is -2.04. The summed E-state index contributed by atoms with van der Waals surface area (Å²) >= 11 is 0. The lowest BCUT2D eigenvalue weighted by atomic mass is 10.1. The predicted molar refractivity (Wildman–Crippen MR) is 119 cm³/mol. The van der Waals surface area contributed by atoms with Gasteiger partial charge in [-0.05, 0) is 107 Å². The van der Waals surface area contributed by atoms with Crippen LogP contribution in [0.25, 0.3) is 34.4 Å². The van der Waals surface area contributed by atoms with Gasteiger partial charge in [0.1, 0.15) is 11.4 Å². The van der Waals surface area contributed by atoms with Crippen LogP contribution in [-0.4, -0.2) is 45.4 Å². The average Bonchev–Trinajstić information content (AvgIpc) is 3.48. The Hall–Kier alpha value is -4.27. The molecule has 0 aliphatic heterocycles. The molecule has 9 nitrogen and oxygen atoms in total. The number of hydrogen-bond acceptors (Lipinski definition) is 7. The number of hydrogen-bond donors (Lipinski definition) is 0. The molecule has 5 rings (SSSR count). The molecular weight excluding hydrogens is 402 g/mol. The highest BCUT2D eigenvalue weighted by atomic mass is 15.6. The maximum absolute atomic E-state index is 4.78. The average molecular weight is 423 g/mol. The zero-order valence-corrected chi connectivity index (χ0v) is 18.2. The minimum absolute atomic E-state index is 0.542. The van der Waals surface area contributed by atoms with Gasteiger partial charge in [-0.3, -0.25) is 0 Å². The SMILES string of the molecule is Cc1ccc(-n2nnnc2-c2cccc(-c3nnnn3-c3ccc(C)c(C)c3)n2)cc1C. The molecule has 0 radical (unpaired) electrons. The number of tetrazole rings is 2. The van der Waals surface area contributed by atoms with E-state index >= 15 is 0 Å². The van der Waals surface area contributed by atoms with Gasteiger partial charge in [0.15, 0.2) is 0 Å². The van der Waals surface area contributed by atoms with Gasteiger partial charge in [0.25, 0.3) is 0 Å². The third-order valence-electron chi connectivity index (χ3n) is 5.62. The monoisotopic (exact) mass is 423 g/mol. The smallest absolute Gasteiger partial charge is 0.205 e. The molecule has 3 aromatic heterocycles. The molecule has 5 aromatic rings. The molecule has 0 atom stereocenters. The number of aromatic nitrogens is 9. The van der Waals surface area contributed by atoms with Crippen molar-refractivity contribution >= 4 is 0 Å². The molecular formula is C23H21N9. The van der Waals surface area contributed by atoms with Crippen molar-refractivity contribution in [1.82, 2.24) is 45.4 Å². The van der Waals surface area contributed by atoms with Crippen LogP contribution in [0, 0.1) is 27.7 Å². The molecule has 0 N–H and O–H groups in total. The molecule has 9 heteroatoms. The first-order chi connectivity index (χ1) is 15.5. The second-order valence-corrected chi connectivity index (χ2v) is 7.77. The summed E-state index contributed by atoms with van der Waals surface area (Å²) in [7, 11) is 0. The number of rotatable bonds is 4. The van der Waals surface area contributed by atoms with Gasteiger partial charge in [-0.1, -0.05) is 18.2 Å². The molecule has 2 aromatic carbocycles. The Kier molecular flexibility index (Phi) is 4.78. The quantitative estimate of drug-likeness (QED) is 0.435. The number of pyridine rings is 1. The fourth-order valence-electron chi connectivity index (χ4n) is 3.44. The Labute approximate surface area is 184 Å². The van der Waals surface area contributed by atoms with Gasteiger partial charge >= 0.3 is 0 Å². The summed E-state index contributed by atoms with van der Waals surface area (Å²) in [6.07, 6.45) is 0. The summed E-state index contributed by atoms with van der Waals surface area (Å²) in [4.78, 5) is 4.78. The molecule has 3 heterocycles. The second-order valence-electron chi connectivity index (χ2n) is 7.77. The van der Waals surface area contributed by atoms with Crippen molar-refractivity contribution in [3.8, 4) is 34.4 Å². The van der Waals surface area contributed by atoms with Crippen molar-refractivity contribution < 1.29 is 0 Å². The number of aryl methyl sites for hydroxylation is 4. The van der Waals surface area contributed by atoms with Crippen LogP contribution in [0.5, 0.6) is 0 Å². The third-order valence-corrected chi connectivity index (χ3v) is 5.62.